The van der Waals surface area contributed by atoms with E-state index in [-0.39, 0.29) is 10.0 Å². The summed E-state index contributed by atoms with van der Waals surface area (Å²) < 4.78 is 33.3. The highest BCUT2D eigenvalue weighted by Gasteiger charge is 2.14. The summed E-state index contributed by atoms with van der Waals surface area (Å²) in [7, 11) is -3.98. The van der Waals surface area contributed by atoms with Crippen LogP contribution >= 0.6 is 28.1 Å². The van der Waals surface area contributed by atoms with E-state index in [9.17, 15) is 13.2 Å². The third-order valence-corrected chi connectivity index (χ3v) is 5.66. The molecule has 9 nitrogen and oxygen atoms in total. The Balaban J connectivity index is 2.01. The molecule has 30 heavy (non-hydrogen) atoms. The maximum absolute atomic E-state index is 12.4. The van der Waals surface area contributed by atoms with Crippen molar-refractivity contribution in [3.63, 3.8) is 0 Å². The van der Waals surface area contributed by atoms with Gasteiger partial charge < -0.3 is 21.5 Å². The number of nitrogens with one attached hydrogen (secondary N) is 2. The van der Waals surface area contributed by atoms with Crippen molar-refractivity contribution in [2.75, 3.05) is 11.9 Å². The molecule has 6 N–H and O–H groups in total. The van der Waals surface area contributed by atoms with E-state index >= 15 is 0 Å². The van der Waals surface area contributed by atoms with Gasteiger partial charge in [0.2, 0.25) is 5.96 Å². The Labute approximate surface area is 188 Å². The number of nitrogens with zero attached hydrogens (tertiary/aromatic N) is 1. The van der Waals surface area contributed by atoms with Gasteiger partial charge >= 0.3 is 0 Å². The van der Waals surface area contributed by atoms with E-state index in [1.54, 1.807) is 18.2 Å². The van der Waals surface area contributed by atoms with Gasteiger partial charge in [-0.1, -0.05) is 6.92 Å². The number of anilines is 1. The average Bonchev–Trinajstić information content (AvgIpc) is 2.66. The number of guanidine groups is 1. The number of halogens is 1. The van der Waals surface area contributed by atoms with Crippen molar-refractivity contribution in [2.24, 2.45) is 15.9 Å². The lowest BCUT2D eigenvalue weighted by Gasteiger charge is -2.11. The zero-order chi connectivity index (χ0) is 22.3. The molecule has 0 spiro atoms. The van der Waals surface area contributed by atoms with Crippen molar-refractivity contribution in [3.05, 3.63) is 52.5 Å². The lowest BCUT2D eigenvalue weighted by molar-refractivity contribution is 0.0977. The quantitative estimate of drug-likeness (QED) is 0.250. The molecule has 0 saturated heterocycles. The van der Waals surface area contributed by atoms with E-state index < -0.39 is 21.9 Å². The van der Waals surface area contributed by atoms with Gasteiger partial charge in [-0.3, -0.25) is 10.1 Å². The van der Waals surface area contributed by atoms with Crippen LogP contribution in [-0.2, 0) is 10.0 Å². The van der Waals surface area contributed by atoms with Gasteiger partial charge in [-0.25, -0.2) is 0 Å². The summed E-state index contributed by atoms with van der Waals surface area (Å²) >= 11 is 8.51. The first kappa shape index (κ1) is 23.6. The van der Waals surface area contributed by atoms with Gasteiger partial charge in [0, 0.05) is 11.3 Å². The minimum absolute atomic E-state index is 0.0438. The zero-order valence-corrected chi connectivity index (χ0v) is 19.1. The van der Waals surface area contributed by atoms with Gasteiger partial charge in [0.05, 0.1) is 16.0 Å². The highest BCUT2D eigenvalue weighted by atomic mass is 79.9. The molecule has 0 aromatic heterocycles. The summed E-state index contributed by atoms with van der Waals surface area (Å²) in [6, 6.07) is 10.5. The first-order valence-electron chi connectivity index (χ1n) is 8.63. The maximum atomic E-state index is 12.4. The van der Waals surface area contributed by atoms with Crippen LogP contribution in [0.2, 0.25) is 0 Å². The molecule has 160 valence electrons. The highest BCUT2D eigenvalue weighted by Crippen LogP contribution is 2.26. The number of thiocarbonyl (C=S) groups is 1. The second-order valence-electron chi connectivity index (χ2n) is 5.92. The number of amides is 1. The second kappa shape index (κ2) is 10.4. The minimum Gasteiger partial charge on any atom is -0.492 e. The summed E-state index contributed by atoms with van der Waals surface area (Å²) in [4.78, 5) is 12.3. The number of ether oxygens (including phenoxy) is 1. The van der Waals surface area contributed by atoms with Crippen molar-refractivity contribution in [3.8, 4) is 5.75 Å². The molecule has 0 aliphatic carbocycles. The van der Waals surface area contributed by atoms with Gasteiger partial charge in [0.15, 0.2) is 5.11 Å². The molecule has 0 saturated carbocycles. The molecule has 0 aliphatic rings. The largest absolute Gasteiger partial charge is 0.492 e. The van der Waals surface area contributed by atoms with Crippen LogP contribution < -0.4 is 26.8 Å². The van der Waals surface area contributed by atoms with Gasteiger partial charge in [-0.05, 0) is 77.0 Å². The molecular weight excluding hydrogens is 494 g/mol. The molecule has 0 atom stereocenters. The first-order valence-corrected chi connectivity index (χ1v) is 11.3. The van der Waals surface area contributed by atoms with Crippen molar-refractivity contribution in [1.82, 2.24) is 5.32 Å². The van der Waals surface area contributed by atoms with Crippen LogP contribution in [0.1, 0.15) is 23.7 Å². The van der Waals surface area contributed by atoms with E-state index in [1.165, 1.54) is 24.3 Å². The number of carbonyl (C=O) groups excluding carboxylic acids is 1. The van der Waals surface area contributed by atoms with Crippen LogP contribution in [0.3, 0.4) is 0 Å². The molecule has 2 aromatic carbocycles. The smallest absolute Gasteiger partial charge is 0.285 e. The number of nitrogens with two attached hydrogens (primary N) is 2. The Hall–Kier alpha value is -2.70. The van der Waals surface area contributed by atoms with Gasteiger partial charge in [0.25, 0.3) is 15.9 Å². The molecule has 0 unspecified atom stereocenters. The Morgan fingerprint density at radius 2 is 1.87 bits per heavy atom. The third kappa shape index (κ3) is 6.68. The number of benzene rings is 2. The fraction of sp³-hybridized carbons (Fsp3) is 0.167. The van der Waals surface area contributed by atoms with Crippen molar-refractivity contribution >= 4 is 60.8 Å². The SMILES string of the molecule is CCCOc1ccc(C(=O)NC(=S)Nc2ccc(S(=O)(=O)N=C(N)N)cc2)cc1Br. The molecule has 0 fully saturated rings. The molecule has 0 bridgehead atoms. The van der Waals surface area contributed by atoms with Crippen molar-refractivity contribution < 1.29 is 17.9 Å². The predicted octanol–water partition coefficient (Wildman–Crippen LogP) is 2.33. The zero-order valence-electron chi connectivity index (χ0n) is 15.9. The number of hydrogen-bond acceptors (Lipinski definition) is 5. The predicted molar refractivity (Wildman–Crippen MR) is 123 cm³/mol. The number of hydrogen-bond donors (Lipinski definition) is 4. The summed E-state index contributed by atoms with van der Waals surface area (Å²) in [6.07, 6.45) is 0.871. The van der Waals surface area contributed by atoms with Gasteiger partial charge in [-0.2, -0.15) is 8.42 Å². The number of rotatable bonds is 7. The molecular formula is C18H20BrN5O4S2. The Morgan fingerprint density at radius 1 is 1.20 bits per heavy atom. The van der Waals surface area contributed by atoms with E-state index in [1.807, 2.05) is 6.92 Å². The summed E-state index contributed by atoms with van der Waals surface area (Å²) in [5, 5.41) is 5.39. The van der Waals surface area contributed by atoms with Crippen LogP contribution in [0, 0.1) is 0 Å². The molecule has 1 amide bonds. The fourth-order valence-electron chi connectivity index (χ4n) is 2.21. The van der Waals surface area contributed by atoms with Crippen LogP contribution in [0.5, 0.6) is 5.75 Å². The third-order valence-electron chi connectivity index (χ3n) is 3.52. The van der Waals surface area contributed by atoms with Crippen molar-refractivity contribution in [1.29, 1.82) is 0 Å². The van der Waals surface area contributed by atoms with Crippen LogP contribution in [0.15, 0.2) is 56.2 Å². The number of carbonyl (C=O) groups is 1. The molecule has 2 rings (SSSR count). The van der Waals surface area contributed by atoms with Gasteiger partial charge in [0.1, 0.15) is 5.75 Å². The molecule has 0 aliphatic heterocycles. The first-order chi connectivity index (χ1) is 14.1. The van der Waals surface area contributed by atoms with Crippen LogP contribution in [-0.4, -0.2) is 32.0 Å². The van der Waals surface area contributed by atoms with E-state index in [0.717, 1.165) is 6.42 Å². The van der Waals surface area contributed by atoms with Gasteiger partial charge in [-0.15, -0.1) is 4.40 Å². The molecule has 2 aromatic rings. The summed E-state index contributed by atoms with van der Waals surface area (Å²) in [6.45, 7) is 2.57. The lowest BCUT2D eigenvalue weighted by atomic mass is 10.2. The molecule has 12 heteroatoms. The average molecular weight is 514 g/mol. The lowest BCUT2D eigenvalue weighted by Crippen LogP contribution is -2.34. The molecule has 0 heterocycles. The van der Waals surface area contributed by atoms with E-state index in [4.69, 9.17) is 28.4 Å². The van der Waals surface area contributed by atoms with Crippen molar-refractivity contribution in [2.45, 2.75) is 18.2 Å². The Morgan fingerprint density at radius 3 is 2.43 bits per heavy atom. The standard InChI is InChI=1S/C18H20BrN5O4S2/c1-2-9-28-15-8-3-11(10-14(15)19)16(25)23-18(29)22-12-4-6-13(7-5-12)30(26,27)24-17(20)21/h3-8,10H,2,9H2,1H3,(H4,20,21,24)(H2,22,23,25,29). The fourth-order valence-corrected chi connectivity index (χ4v) is 3.78. The Bertz CT molecular complexity index is 1070. The van der Waals surface area contributed by atoms with E-state index in [0.29, 0.717) is 28.1 Å². The number of sulfonamides is 1. The summed E-state index contributed by atoms with van der Waals surface area (Å²) in [5.74, 6) is -0.329. The second-order valence-corrected chi connectivity index (χ2v) is 8.78. The maximum Gasteiger partial charge on any atom is 0.285 e. The molecule has 0 radical (unpaired) electrons. The monoisotopic (exact) mass is 513 g/mol. The minimum atomic E-state index is -3.98. The highest BCUT2D eigenvalue weighted by molar-refractivity contribution is 9.10. The van der Waals surface area contributed by atoms with Crippen LogP contribution in [0.25, 0.3) is 0 Å². The Kier molecular flexibility index (Phi) is 8.15. The topological polar surface area (TPSA) is 149 Å². The van der Waals surface area contributed by atoms with Crippen LogP contribution in [0.4, 0.5) is 5.69 Å². The normalized spacial score (nSPS) is 10.7. The van der Waals surface area contributed by atoms with E-state index in [2.05, 4.69) is 31.0 Å². The summed E-state index contributed by atoms with van der Waals surface area (Å²) in [5.41, 5.74) is 11.1.